The zero-order valence-corrected chi connectivity index (χ0v) is 14.9. The van der Waals surface area contributed by atoms with Crippen molar-refractivity contribution >= 4 is 22.8 Å². The van der Waals surface area contributed by atoms with Gasteiger partial charge in [-0.1, -0.05) is 0 Å². The van der Waals surface area contributed by atoms with Crippen LogP contribution in [0.3, 0.4) is 0 Å². The molecule has 0 radical (unpaired) electrons. The minimum absolute atomic E-state index is 0.0170. The lowest BCUT2D eigenvalue weighted by Crippen LogP contribution is -2.44. The fourth-order valence-electron chi connectivity index (χ4n) is 4.21. The Labute approximate surface area is 147 Å². The van der Waals surface area contributed by atoms with Gasteiger partial charge in [0.2, 0.25) is 0 Å². The maximum Gasteiger partial charge on any atom is 0.322 e. The molecule has 4 rings (SSSR count). The van der Waals surface area contributed by atoms with Gasteiger partial charge in [0, 0.05) is 38.2 Å². The molecule has 1 N–H and O–H groups in total. The molecule has 25 heavy (non-hydrogen) atoms. The topological polar surface area (TPSA) is 72.3 Å². The molecule has 134 valence electrons. The minimum atomic E-state index is -0.0170. The molecule has 7 heteroatoms. The fourth-order valence-corrected chi connectivity index (χ4v) is 4.21. The van der Waals surface area contributed by atoms with E-state index in [2.05, 4.69) is 15.4 Å². The summed E-state index contributed by atoms with van der Waals surface area (Å²) in [5, 5.41) is 8.39. The van der Waals surface area contributed by atoms with Crippen LogP contribution in [0.2, 0.25) is 0 Å². The van der Waals surface area contributed by atoms with Crippen molar-refractivity contribution in [2.45, 2.75) is 38.6 Å². The third-order valence-electron chi connectivity index (χ3n) is 5.48. The number of rotatable bonds is 2. The lowest BCUT2D eigenvalue weighted by atomic mass is 9.90. The van der Waals surface area contributed by atoms with E-state index in [1.807, 2.05) is 24.9 Å². The highest BCUT2D eigenvalue weighted by Gasteiger charge is 2.35. The number of aryl methyl sites for hydroxylation is 2. The molecule has 2 aromatic heterocycles. The fraction of sp³-hybridized carbons (Fsp3) is 0.611. The van der Waals surface area contributed by atoms with Gasteiger partial charge in [-0.3, -0.25) is 4.68 Å². The average molecular weight is 343 g/mol. The number of likely N-dealkylation sites (tertiary alicyclic amines) is 1. The Hall–Kier alpha value is -2.15. The number of aromatic nitrogens is 3. The lowest BCUT2D eigenvalue weighted by molar-refractivity contribution is 0.0429. The number of carbonyl (C=O) groups is 1. The molecule has 0 saturated carbocycles. The number of nitrogens with one attached hydrogen (secondary N) is 1. The van der Waals surface area contributed by atoms with E-state index in [0.717, 1.165) is 67.9 Å². The van der Waals surface area contributed by atoms with Crippen molar-refractivity contribution in [1.29, 1.82) is 0 Å². The van der Waals surface area contributed by atoms with Crippen LogP contribution in [0.25, 0.3) is 11.0 Å². The number of anilines is 1. The molecule has 0 bridgehead atoms. The van der Waals surface area contributed by atoms with Crippen molar-refractivity contribution in [3.05, 3.63) is 18.0 Å². The Morgan fingerprint density at radius 3 is 2.92 bits per heavy atom. The van der Waals surface area contributed by atoms with Crippen LogP contribution in [0.15, 0.2) is 12.3 Å². The largest absolute Gasteiger partial charge is 0.381 e. The number of nitrogens with zero attached hydrogens (tertiary/aromatic N) is 4. The maximum atomic E-state index is 12.8. The van der Waals surface area contributed by atoms with Crippen LogP contribution in [0.1, 0.15) is 31.4 Å². The summed E-state index contributed by atoms with van der Waals surface area (Å²) in [6.07, 6.45) is 5.99. The Bertz CT molecular complexity index is 781. The van der Waals surface area contributed by atoms with Crippen molar-refractivity contribution in [2.24, 2.45) is 13.0 Å². The molecule has 0 spiro atoms. The second-order valence-electron chi connectivity index (χ2n) is 7.09. The van der Waals surface area contributed by atoms with Crippen LogP contribution in [-0.4, -0.2) is 51.5 Å². The number of pyridine rings is 1. The molecule has 4 heterocycles. The Morgan fingerprint density at radius 2 is 2.12 bits per heavy atom. The Kier molecular flexibility index (Phi) is 4.33. The molecule has 7 nitrogen and oxygen atoms in total. The first-order chi connectivity index (χ1) is 12.1. The summed E-state index contributed by atoms with van der Waals surface area (Å²) in [6.45, 7) is 4.42. The first-order valence-electron chi connectivity index (χ1n) is 9.08. The summed E-state index contributed by atoms with van der Waals surface area (Å²) in [5.41, 5.74) is 2.48. The quantitative estimate of drug-likeness (QED) is 0.910. The SMILES string of the molecule is Cc1nn(C)c2ncc(NC(=O)N3CCCC3C3CCOCC3)cc12. The maximum absolute atomic E-state index is 12.8. The molecule has 2 aliphatic heterocycles. The summed E-state index contributed by atoms with van der Waals surface area (Å²) >= 11 is 0. The molecule has 1 atom stereocenters. The molecule has 0 aliphatic carbocycles. The van der Waals surface area contributed by atoms with Gasteiger partial charge in [0.25, 0.3) is 0 Å². The van der Waals surface area contributed by atoms with Gasteiger partial charge in [0.05, 0.1) is 17.6 Å². The van der Waals surface area contributed by atoms with Crippen molar-refractivity contribution in [1.82, 2.24) is 19.7 Å². The molecule has 2 amide bonds. The van der Waals surface area contributed by atoms with Gasteiger partial charge in [-0.25, -0.2) is 9.78 Å². The predicted octanol–water partition coefficient (Wildman–Crippen LogP) is 2.70. The van der Waals surface area contributed by atoms with Gasteiger partial charge in [-0.2, -0.15) is 5.10 Å². The third-order valence-corrected chi connectivity index (χ3v) is 5.48. The number of hydrogen-bond donors (Lipinski definition) is 1. The van der Waals surface area contributed by atoms with Crippen molar-refractivity contribution in [3.63, 3.8) is 0 Å². The van der Waals surface area contributed by atoms with E-state index in [-0.39, 0.29) is 6.03 Å². The monoisotopic (exact) mass is 343 g/mol. The molecular formula is C18H25N5O2. The number of ether oxygens (including phenoxy) is 1. The molecule has 2 aromatic rings. The molecular weight excluding hydrogens is 318 g/mol. The summed E-state index contributed by atoms with van der Waals surface area (Å²) in [6, 6.07) is 2.28. The van der Waals surface area contributed by atoms with E-state index < -0.39 is 0 Å². The number of fused-ring (bicyclic) bond motifs is 1. The highest BCUT2D eigenvalue weighted by Crippen LogP contribution is 2.31. The minimum Gasteiger partial charge on any atom is -0.381 e. The van der Waals surface area contributed by atoms with Crippen LogP contribution in [-0.2, 0) is 11.8 Å². The van der Waals surface area contributed by atoms with Gasteiger partial charge in [-0.05, 0) is 44.6 Å². The number of urea groups is 1. The molecule has 2 fully saturated rings. The first-order valence-corrected chi connectivity index (χ1v) is 9.08. The Balaban J connectivity index is 1.50. The highest BCUT2D eigenvalue weighted by molar-refractivity contribution is 5.92. The summed E-state index contributed by atoms with van der Waals surface area (Å²) in [7, 11) is 1.88. The standard InChI is InChI=1S/C18H25N5O2/c1-12-15-10-14(11-19-17(15)22(2)21-12)20-18(24)23-7-3-4-16(23)13-5-8-25-9-6-13/h10-11,13,16H,3-9H2,1-2H3,(H,20,24). The van der Waals surface area contributed by atoms with Crippen LogP contribution in [0.5, 0.6) is 0 Å². The van der Waals surface area contributed by atoms with E-state index in [1.54, 1.807) is 10.9 Å². The first kappa shape index (κ1) is 16.3. The highest BCUT2D eigenvalue weighted by atomic mass is 16.5. The predicted molar refractivity (Wildman–Crippen MR) is 95.5 cm³/mol. The van der Waals surface area contributed by atoms with Gasteiger partial charge < -0.3 is 15.0 Å². The van der Waals surface area contributed by atoms with E-state index in [4.69, 9.17) is 4.74 Å². The van der Waals surface area contributed by atoms with E-state index >= 15 is 0 Å². The van der Waals surface area contributed by atoms with Crippen molar-refractivity contribution < 1.29 is 9.53 Å². The number of amides is 2. The van der Waals surface area contributed by atoms with Gasteiger partial charge in [-0.15, -0.1) is 0 Å². The normalized spacial score (nSPS) is 21.8. The molecule has 1 unspecified atom stereocenters. The number of carbonyl (C=O) groups excluding carboxylic acids is 1. The molecule has 2 saturated heterocycles. The van der Waals surface area contributed by atoms with Crippen LogP contribution in [0.4, 0.5) is 10.5 Å². The molecule has 2 aliphatic rings. The van der Waals surface area contributed by atoms with Crippen LogP contribution in [0, 0.1) is 12.8 Å². The lowest BCUT2D eigenvalue weighted by Gasteiger charge is -2.34. The summed E-state index contributed by atoms with van der Waals surface area (Å²) < 4.78 is 7.23. The van der Waals surface area contributed by atoms with Crippen molar-refractivity contribution in [3.8, 4) is 0 Å². The Morgan fingerprint density at radius 1 is 1.32 bits per heavy atom. The van der Waals surface area contributed by atoms with Crippen LogP contribution < -0.4 is 5.32 Å². The summed E-state index contributed by atoms with van der Waals surface area (Å²) in [4.78, 5) is 19.3. The van der Waals surface area contributed by atoms with Gasteiger partial charge in [0.15, 0.2) is 5.65 Å². The van der Waals surface area contributed by atoms with Crippen molar-refractivity contribution in [2.75, 3.05) is 25.1 Å². The van der Waals surface area contributed by atoms with E-state index in [0.29, 0.717) is 12.0 Å². The van der Waals surface area contributed by atoms with Crippen LogP contribution >= 0.6 is 0 Å². The number of hydrogen-bond acceptors (Lipinski definition) is 4. The second-order valence-corrected chi connectivity index (χ2v) is 7.09. The zero-order chi connectivity index (χ0) is 17.4. The van der Waals surface area contributed by atoms with E-state index in [9.17, 15) is 4.79 Å². The van der Waals surface area contributed by atoms with E-state index in [1.165, 1.54) is 0 Å². The second kappa shape index (κ2) is 6.63. The average Bonchev–Trinajstić information content (AvgIpc) is 3.21. The smallest absolute Gasteiger partial charge is 0.322 e. The third kappa shape index (κ3) is 3.08. The molecule has 0 aromatic carbocycles. The summed E-state index contributed by atoms with van der Waals surface area (Å²) in [5.74, 6) is 0.558. The zero-order valence-electron chi connectivity index (χ0n) is 14.9. The van der Waals surface area contributed by atoms with Gasteiger partial charge in [0.1, 0.15) is 0 Å². The van der Waals surface area contributed by atoms with Gasteiger partial charge >= 0.3 is 6.03 Å².